The molecule has 4 nitrogen and oxygen atoms in total. The molecule has 0 unspecified atom stereocenters. The Morgan fingerprint density at radius 2 is 1.70 bits per heavy atom. The molecule has 0 radical (unpaired) electrons. The van der Waals surface area contributed by atoms with Gasteiger partial charge >= 0.3 is 4.87 Å². The molecule has 20 heavy (non-hydrogen) atoms. The lowest BCUT2D eigenvalue weighted by molar-refractivity contribution is 0.103. The Labute approximate surface area is 117 Å². The minimum atomic E-state index is -0.466. The van der Waals surface area contributed by atoms with E-state index >= 15 is 0 Å². The summed E-state index contributed by atoms with van der Waals surface area (Å²) >= 11 is 0.950. The molecular weight excluding hydrogens is 274 g/mol. The van der Waals surface area contributed by atoms with Gasteiger partial charge in [-0.1, -0.05) is 41.7 Å². The van der Waals surface area contributed by atoms with Crippen LogP contribution in [0.25, 0.3) is 10.1 Å². The van der Waals surface area contributed by atoms with E-state index < -0.39 is 10.4 Å². The van der Waals surface area contributed by atoms with Crippen LogP contribution in [0.15, 0.2) is 58.1 Å². The molecule has 0 atom stereocenters. The third kappa shape index (κ3) is 2.19. The third-order valence-electron chi connectivity index (χ3n) is 2.94. The first-order valence-electron chi connectivity index (χ1n) is 5.92. The fourth-order valence-corrected chi connectivity index (χ4v) is 2.72. The van der Waals surface area contributed by atoms with Crippen molar-refractivity contribution in [2.45, 2.75) is 0 Å². The number of carbonyl (C=O) groups is 1. The molecule has 0 aliphatic carbocycles. The molecule has 1 aromatic heterocycles. The van der Waals surface area contributed by atoms with Crippen molar-refractivity contribution in [3.8, 4) is 0 Å². The monoisotopic (exact) mass is 283 g/mol. The van der Waals surface area contributed by atoms with Crippen LogP contribution in [-0.4, -0.2) is 10.8 Å². The molecule has 1 heterocycles. The fourth-order valence-electron chi connectivity index (χ4n) is 1.98. The lowest BCUT2D eigenvalue weighted by Gasteiger charge is -2.02. The van der Waals surface area contributed by atoms with Gasteiger partial charge < -0.3 is 0 Å². The summed E-state index contributed by atoms with van der Waals surface area (Å²) in [5, 5.41) is 0.358. The number of hydrogen-bond acceptors (Lipinski definition) is 4. The number of rotatable bonds is 2. The van der Waals surface area contributed by atoms with E-state index in [2.05, 4.69) is 4.98 Å². The normalized spacial score (nSPS) is 10.6. The van der Waals surface area contributed by atoms with Crippen molar-refractivity contribution < 1.29 is 4.79 Å². The lowest BCUT2D eigenvalue weighted by Crippen LogP contribution is -2.16. The zero-order valence-electron chi connectivity index (χ0n) is 10.3. The molecule has 1 N–H and O–H groups in total. The average molecular weight is 283 g/mol. The highest BCUT2D eigenvalue weighted by atomic mass is 32.1. The van der Waals surface area contributed by atoms with Crippen LogP contribution < -0.4 is 10.4 Å². The number of carbonyl (C=O) groups excluding carboxylic acids is 1. The van der Waals surface area contributed by atoms with E-state index in [1.165, 1.54) is 6.07 Å². The van der Waals surface area contributed by atoms with Crippen molar-refractivity contribution in [1.82, 2.24) is 4.98 Å². The summed E-state index contributed by atoms with van der Waals surface area (Å²) in [4.78, 5) is 37.1. The first kappa shape index (κ1) is 12.5. The van der Waals surface area contributed by atoms with Gasteiger partial charge in [0.05, 0.1) is 5.39 Å². The predicted octanol–water partition coefficient (Wildman–Crippen LogP) is 2.18. The molecule has 0 bridgehead atoms. The fraction of sp³-hybridized carbons (Fsp3) is 0. The molecule has 98 valence electrons. The number of fused-ring (bicyclic) bond motifs is 1. The van der Waals surface area contributed by atoms with E-state index in [0.717, 1.165) is 11.3 Å². The summed E-state index contributed by atoms with van der Waals surface area (Å²) in [6.45, 7) is 0. The van der Waals surface area contributed by atoms with E-state index in [-0.39, 0.29) is 5.78 Å². The maximum Gasteiger partial charge on any atom is 0.307 e. The van der Waals surface area contributed by atoms with Crippen LogP contribution in [0.1, 0.15) is 15.9 Å². The van der Waals surface area contributed by atoms with Crippen molar-refractivity contribution in [2.75, 3.05) is 0 Å². The zero-order valence-corrected chi connectivity index (χ0v) is 11.1. The standard InChI is InChI=1S/C15H9NO3S/c17-13(9-4-2-1-3-5-9)10-6-7-12-11(8-10)14(18)16-15(19)20-12/h1-8H,(H,16,18,19). The van der Waals surface area contributed by atoms with Crippen LogP contribution in [-0.2, 0) is 0 Å². The molecule has 0 saturated carbocycles. The Hall–Kier alpha value is -2.53. The Kier molecular flexibility index (Phi) is 3.04. The summed E-state index contributed by atoms with van der Waals surface area (Å²) in [6.07, 6.45) is 0. The number of hydrogen-bond donors (Lipinski definition) is 1. The molecule has 0 amide bonds. The first-order chi connectivity index (χ1) is 9.65. The van der Waals surface area contributed by atoms with E-state index in [1.807, 2.05) is 6.07 Å². The molecule has 5 heteroatoms. The van der Waals surface area contributed by atoms with Gasteiger partial charge in [0.2, 0.25) is 0 Å². The van der Waals surface area contributed by atoms with E-state index in [0.29, 0.717) is 21.2 Å². The molecule has 0 aliphatic heterocycles. The summed E-state index contributed by atoms with van der Waals surface area (Å²) in [6, 6.07) is 13.6. The van der Waals surface area contributed by atoms with Gasteiger partial charge in [-0.05, 0) is 18.2 Å². The topological polar surface area (TPSA) is 67.0 Å². The van der Waals surface area contributed by atoms with Crippen molar-refractivity contribution in [1.29, 1.82) is 0 Å². The predicted molar refractivity (Wildman–Crippen MR) is 78.6 cm³/mol. The van der Waals surface area contributed by atoms with Gasteiger partial charge in [-0.2, -0.15) is 0 Å². The molecule has 0 fully saturated rings. The average Bonchev–Trinajstić information content (AvgIpc) is 2.47. The lowest BCUT2D eigenvalue weighted by atomic mass is 10.0. The number of H-pyrrole nitrogens is 1. The van der Waals surface area contributed by atoms with Crippen LogP contribution in [0.4, 0.5) is 0 Å². The highest BCUT2D eigenvalue weighted by Crippen LogP contribution is 2.16. The Morgan fingerprint density at radius 1 is 0.950 bits per heavy atom. The van der Waals surface area contributed by atoms with Crippen molar-refractivity contribution in [2.24, 2.45) is 0 Å². The van der Waals surface area contributed by atoms with Gasteiger partial charge in [-0.25, -0.2) is 0 Å². The van der Waals surface area contributed by atoms with Crippen LogP contribution >= 0.6 is 11.3 Å². The van der Waals surface area contributed by atoms with Gasteiger partial charge in [0.1, 0.15) is 0 Å². The largest absolute Gasteiger partial charge is 0.307 e. The molecule has 0 aliphatic rings. The second kappa shape index (κ2) is 4.86. The van der Waals surface area contributed by atoms with Gasteiger partial charge in [0.15, 0.2) is 5.78 Å². The number of nitrogens with one attached hydrogen (secondary N) is 1. The van der Waals surface area contributed by atoms with E-state index in [1.54, 1.807) is 36.4 Å². The second-order valence-electron chi connectivity index (χ2n) is 4.25. The highest BCUT2D eigenvalue weighted by molar-refractivity contribution is 7.15. The van der Waals surface area contributed by atoms with Crippen LogP contribution in [0.2, 0.25) is 0 Å². The quantitative estimate of drug-likeness (QED) is 0.733. The number of aromatic amines is 1. The Balaban J connectivity index is 2.17. The molecule has 0 saturated heterocycles. The number of benzene rings is 2. The summed E-state index contributed by atoms with van der Waals surface area (Å²) < 4.78 is 0.573. The molecule has 2 aromatic carbocycles. The van der Waals surface area contributed by atoms with Crippen LogP contribution in [0.5, 0.6) is 0 Å². The molecule has 3 aromatic rings. The molecule has 3 rings (SSSR count). The van der Waals surface area contributed by atoms with Gasteiger partial charge in [0, 0.05) is 15.8 Å². The first-order valence-corrected chi connectivity index (χ1v) is 6.74. The third-order valence-corrected chi connectivity index (χ3v) is 3.80. The van der Waals surface area contributed by atoms with Gasteiger partial charge in [-0.15, -0.1) is 0 Å². The SMILES string of the molecule is O=C(c1ccccc1)c1ccc2sc(=O)[nH]c(=O)c2c1. The van der Waals surface area contributed by atoms with Crippen LogP contribution in [0, 0.1) is 0 Å². The maximum atomic E-state index is 12.3. The Morgan fingerprint density at radius 3 is 2.45 bits per heavy atom. The van der Waals surface area contributed by atoms with Crippen molar-refractivity contribution in [3.63, 3.8) is 0 Å². The number of ketones is 1. The molecular formula is C15H9NO3S. The van der Waals surface area contributed by atoms with E-state index in [9.17, 15) is 14.4 Å². The van der Waals surface area contributed by atoms with Crippen molar-refractivity contribution in [3.05, 3.63) is 79.7 Å². The Bertz CT molecular complexity index is 910. The maximum absolute atomic E-state index is 12.3. The second-order valence-corrected chi connectivity index (χ2v) is 5.26. The summed E-state index contributed by atoms with van der Waals surface area (Å²) in [5.41, 5.74) is 0.527. The van der Waals surface area contributed by atoms with E-state index in [4.69, 9.17) is 0 Å². The number of aromatic nitrogens is 1. The zero-order chi connectivity index (χ0) is 14.1. The smallest absolute Gasteiger partial charge is 0.289 e. The summed E-state index contributed by atoms with van der Waals surface area (Å²) in [7, 11) is 0. The van der Waals surface area contributed by atoms with Gasteiger partial charge in [-0.3, -0.25) is 19.4 Å². The molecule has 0 spiro atoms. The minimum Gasteiger partial charge on any atom is -0.289 e. The van der Waals surface area contributed by atoms with Gasteiger partial charge in [0.25, 0.3) is 5.56 Å². The minimum absolute atomic E-state index is 0.150. The van der Waals surface area contributed by atoms with Crippen LogP contribution in [0.3, 0.4) is 0 Å². The van der Waals surface area contributed by atoms with Crippen molar-refractivity contribution >= 4 is 27.2 Å². The summed E-state index contributed by atoms with van der Waals surface area (Å²) in [5.74, 6) is -0.150. The highest BCUT2D eigenvalue weighted by Gasteiger charge is 2.10.